The molecular weight excluding hydrogens is 256 g/mol. The number of halogens is 1. The standard InChI is InChI=1S/C12H9BrO2/c1-15-10-5-8-3-2-4-9(7-14)12(8)11(13)6-10/h2-7H,1H3. The molecule has 3 heteroatoms. The number of carbonyl (C=O) groups excluding carboxylic acids is 1. The summed E-state index contributed by atoms with van der Waals surface area (Å²) in [6.07, 6.45) is 0.861. The molecule has 0 unspecified atom stereocenters. The molecule has 0 saturated heterocycles. The average molecular weight is 265 g/mol. The van der Waals surface area contributed by atoms with Crippen molar-refractivity contribution < 1.29 is 9.53 Å². The van der Waals surface area contributed by atoms with Gasteiger partial charge in [-0.1, -0.05) is 18.2 Å². The van der Waals surface area contributed by atoms with E-state index < -0.39 is 0 Å². The normalized spacial score (nSPS) is 10.3. The molecule has 0 atom stereocenters. The first-order valence-electron chi connectivity index (χ1n) is 4.47. The van der Waals surface area contributed by atoms with Crippen LogP contribution in [0.1, 0.15) is 10.4 Å². The minimum atomic E-state index is 0.682. The van der Waals surface area contributed by atoms with Crippen molar-refractivity contribution in [1.82, 2.24) is 0 Å². The van der Waals surface area contributed by atoms with Crippen molar-refractivity contribution in [2.75, 3.05) is 7.11 Å². The van der Waals surface area contributed by atoms with Crippen molar-refractivity contribution in [3.8, 4) is 5.75 Å². The Hall–Kier alpha value is -1.35. The van der Waals surface area contributed by atoms with E-state index in [1.165, 1.54) is 0 Å². The average Bonchev–Trinajstić information content (AvgIpc) is 2.27. The highest BCUT2D eigenvalue weighted by Crippen LogP contribution is 2.31. The lowest BCUT2D eigenvalue weighted by Crippen LogP contribution is -1.87. The fraction of sp³-hybridized carbons (Fsp3) is 0.0833. The second-order valence-electron chi connectivity index (χ2n) is 3.17. The highest BCUT2D eigenvalue weighted by molar-refractivity contribution is 9.10. The molecule has 2 aromatic rings. The molecule has 0 heterocycles. The lowest BCUT2D eigenvalue weighted by atomic mass is 10.1. The number of carbonyl (C=O) groups is 1. The van der Waals surface area contributed by atoms with Crippen LogP contribution in [0.2, 0.25) is 0 Å². The summed E-state index contributed by atoms with van der Waals surface area (Å²) >= 11 is 3.44. The summed E-state index contributed by atoms with van der Waals surface area (Å²) in [4.78, 5) is 10.9. The number of rotatable bonds is 2. The van der Waals surface area contributed by atoms with Gasteiger partial charge in [0.1, 0.15) is 5.75 Å². The van der Waals surface area contributed by atoms with Crippen LogP contribution in [0.4, 0.5) is 0 Å². The van der Waals surface area contributed by atoms with Gasteiger partial charge in [-0.2, -0.15) is 0 Å². The summed E-state index contributed by atoms with van der Waals surface area (Å²) in [5.74, 6) is 0.775. The second kappa shape index (κ2) is 4.03. The van der Waals surface area contributed by atoms with E-state index in [1.54, 1.807) is 13.2 Å². The van der Waals surface area contributed by atoms with E-state index in [0.29, 0.717) is 5.56 Å². The Balaban J connectivity index is 2.84. The fourth-order valence-electron chi connectivity index (χ4n) is 1.59. The summed E-state index contributed by atoms with van der Waals surface area (Å²) in [7, 11) is 1.62. The Kier molecular flexibility index (Phi) is 2.73. The SMILES string of the molecule is COc1cc(Br)c2c(C=O)cccc2c1. The molecule has 76 valence electrons. The highest BCUT2D eigenvalue weighted by atomic mass is 79.9. The molecule has 2 rings (SSSR count). The van der Waals surface area contributed by atoms with Gasteiger partial charge in [-0.3, -0.25) is 4.79 Å². The third-order valence-electron chi connectivity index (χ3n) is 2.30. The molecule has 2 aromatic carbocycles. The van der Waals surface area contributed by atoms with Gasteiger partial charge in [0.25, 0.3) is 0 Å². The number of benzene rings is 2. The van der Waals surface area contributed by atoms with Crippen LogP contribution in [0.25, 0.3) is 10.8 Å². The first kappa shape index (κ1) is 10.2. The van der Waals surface area contributed by atoms with Crippen LogP contribution in [0.3, 0.4) is 0 Å². The summed E-state index contributed by atoms with van der Waals surface area (Å²) in [6.45, 7) is 0. The molecule has 0 aliphatic heterocycles. The third kappa shape index (κ3) is 1.75. The molecule has 0 amide bonds. The Bertz CT molecular complexity index is 520. The van der Waals surface area contributed by atoms with Crippen LogP contribution < -0.4 is 4.74 Å². The van der Waals surface area contributed by atoms with Crippen LogP contribution in [0.5, 0.6) is 5.75 Å². The Morgan fingerprint density at radius 2 is 2.13 bits per heavy atom. The largest absolute Gasteiger partial charge is 0.497 e. The maximum Gasteiger partial charge on any atom is 0.150 e. The molecule has 0 radical (unpaired) electrons. The van der Waals surface area contributed by atoms with Gasteiger partial charge in [-0.15, -0.1) is 0 Å². The maximum atomic E-state index is 10.9. The zero-order valence-corrected chi connectivity index (χ0v) is 9.74. The van der Waals surface area contributed by atoms with Gasteiger partial charge in [0.15, 0.2) is 6.29 Å². The van der Waals surface area contributed by atoms with Gasteiger partial charge in [-0.05, 0) is 33.4 Å². The maximum absolute atomic E-state index is 10.9. The second-order valence-corrected chi connectivity index (χ2v) is 4.03. The predicted molar refractivity (Wildman–Crippen MR) is 63.6 cm³/mol. The summed E-state index contributed by atoms with van der Waals surface area (Å²) < 4.78 is 6.03. The van der Waals surface area contributed by atoms with Gasteiger partial charge in [0.05, 0.1) is 7.11 Å². The predicted octanol–water partition coefficient (Wildman–Crippen LogP) is 3.42. The lowest BCUT2D eigenvalue weighted by Gasteiger charge is -2.06. The van der Waals surface area contributed by atoms with Gasteiger partial charge in [0.2, 0.25) is 0 Å². The first-order chi connectivity index (χ1) is 7.26. The van der Waals surface area contributed by atoms with E-state index >= 15 is 0 Å². The number of ether oxygens (including phenoxy) is 1. The third-order valence-corrected chi connectivity index (χ3v) is 2.92. The van der Waals surface area contributed by atoms with Crippen LogP contribution in [0.15, 0.2) is 34.8 Å². The van der Waals surface area contributed by atoms with Gasteiger partial charge >= 0.3 is 0 Å². The molecule has 0 aliphatic rings. The molecule has 2 nitrogen and oxygen atoms in total. The fourth-order valence-corrected chi connectivity index (χ4v) is 2.28. The Labute approximate surface area is 96.0 Å². The van der Waals surface area contributed by atoms with Gasteiger partial charge in [0, 0.05) is 15.4 Å². The molecule has 15 heavy (non-hydrogen) atoms. The molecule has 0 N–H and O–H groups in total. The Morgan fingerprint density at radius 3 is 2.80 bits per heavy atom. The summed E-state index contributed by atoms with van der Waals surface area (Å²) in [6, 6.07) is 9.38. The van der Waals surface area contributed by atoms with Crippen molar-refractivity contribution >= 4 is 33.0 Å². The Morgan fingerprint density at radius 1 is 1.33 bits per heavy atom. The van der Waals surface area contributed by atoms with E-state index in [-0.39, 0.29) is 0 Å². The van der Waals surface area contributed by atoms with Crippen LogP contribution >= 0.6 is 15.9 Å². The zero-order chi connectivity index (χ0) is 10.8. The molecule has 0 spiro atoms. The lowest BCUT2D eigenvalue weighted by molar-refractivity contribution is 0.112. The van der Waals surface area contributed by atoms with Gasteiger partial charge < -0.3 is 4.74 Å². The van der Waals surface area contributed by atoms with Crippen LogP contribution in [0, 0.1) is 0 Å². The molecular formula is C12H9BrO2. The number of aldehydes is 1. The number of methoxy groups -OCH3 is 1. The molecule has 0 aromatic heterocycles. The van der Waals surface area contributed by atoms with E-state index in [1.807, 2.05) is 24.3 Å². The summed E-state index contributed by atoms with van der Waals surface area (Å²) in [5.41, 5.74) is 0.682. The van der Waals surface area contributed by atoms with E-state index in [2.05, 4.69) is 15.9 Å². The summed E-state index contributed by atoms with van der Waals surface area (Å²) in [5, 5.41) is 1.92. The van der Waals surface area contributed by atoms with E-state index in [4.69, 9.17) is 4.74 Å². The van der Waals surface area contributed by atoms with Crippen molar-refractivity contribution in [2.45, 2.75) is 0 Å². The number of hydrogen-bond donors (Lipinski definition) is 0. The van der Waals surface area contributed by atoms with Crippen molar-refractivity contribution in [2.24, 2.45) is 0 Å². The molecule has 0 saturated carbocycles. The van der Waals surface area contributed by atoms with Crippen LogP contribution in [-0.2, 0) is 0 Å². The minimum absolute atomic E-state index is 0.682. The van der Waals surface area contributed by atoms with Crippen molar-refractivity contribution in [1.29, 1.82) is 0 Å². The monoisotopic (exact) mass is 264 g/mol. The molecule has 0 bridgehead atoms. The first-order valence-corrected chi connectivity index (χ1v) is 5.27. The van der Waals surface area contributed by atoms with Crippen molar-refractivity contribution in [3.05, 3.63) is 40.4 Å². The topological polar surface area (TPSA) is 26.3 Å². The highest BCUT2D eigenvalue weighted by Gasteiger charge is 2.06. The molecule has 0 aliphatic carbocycles. The quantitative estimate of drug-likeness (QED) is 0.777. The van der Waals surface area contributed by atoms with E-state index in [9.17, 15) is 4.79 Å². The van der Waals surface area contributed by atoms with Gasteiger partial charge in [-0.25, -0.2) is 0 Å². The molecule has 0 fully saturated rings. The number of hydrogen-bond acceptors (Lipinski definition) is 2. The number of fused-ring (bicyclic) bond motifs is 1. The van der Waals surface area contributed by atoms with E-state index in [0.717, 1.165) is 27.3 Å². The minimum Gasteiger partial charge on any atom is -0.497 e. The smallest absolute Gasteiger partial charge is 0.150 e. The van der Waals surface area contributed by atoms with Crippen molar-refractivity contribution in [3.63, 3.8) is 0 Å². The van der Waals surface area contributed by atoms with Crippen LogP contribution in [-0.4, -0.2) is 13.4 Å². The zero-order valence-electron chi connectivity index (χ0n) is 8.16.